The third-order valence-electron chi connectivity index (χ3n) is 6.19. The molecule has 0 spiro atoms. The van der Waals surface area contributed by atoms with Gasteiger partial charge >= 0.3 is 0 Å². The summed E-state index contributed by atoms with van der Waals surface area (Å²) >= 11 is 1.08. The smallest absolute Gasteiger partial charge is 0.284 e. The maximum Gasteiger partial charge on any atom is 0.284 e. The van der Waals surface area contributed by atoms with Crippen LogP contribution in [-0.4, -0.2) is 51.7 Å². The number of amides is 1. The maximum absolute atomic E-state index is 13.3. The van der Waals surface area contributed by atoms with E-state index >= 15 is 0 Å². The molecule has 0 radical (unpaired) electrons. The van der Waals surface area contributed by atoms with Crippen LogP contribution in [0.25, 0.3) is 0 Å². The normalized spacial score (nSPS) is 20.9. The zero-order chi connectivity index (χ0) is 25.2. The van der Waals surface area contributed by atoms with Crippen molar-refractivity contribution in [1.29, 1.82) is 0 Å². The molecule has 2 heterocycles. The Morgan fingerprint density at radius 3 is 2.43 bits per heavy atom. The van der Waals surface area contributed by atoms with Gasteiger partial charge in [0.1, 0.15) is 0 Å². The van der Waals surface area contributed by atoms with Crippen molar-refractivity contribution >= 4 is 38.5 Å². The molecule has 0 atom stereocenters. The Kier molecular flexibility index (Phi) is 7.21. The van der Waals surface area contributed by atoms with Gasteiger partial charge in [0.15, 0.2) is 5.17 Å². The van der Waals surface area contributed by atoms with Gasteiger partial charge in [0, 0.05) is 44.1 Å². The molecule has 4 rings (SSSR count). The van der Waals surface area contributed by atoms with Gasteiger partial charge < -0.3 is 9.64 Å². The summed E-state index contributed by atoms with van der Waals surface area (Å²) in [6.45, 7) is 5.07. The van der Waals surface area contributed by atoms with Crippen molar-refractivity contribution < 1.29 is 17.9 Å². The first-order valence-electron chi connectivity index (χ1n) is 11.3. The predicted molar refractivity (Wildman–Crippen MR) is 141 cm³/mol. The summed E-state index contributed by atoms with van der Waals surface area (Å²) in [5.41, 5.74) is 3.16. The number of hydrogen-bond acceptors (Lipinski definition) is 6. The Labute approximate surface area is 211 Å². The van der Waals surface area contributed by atoms with E-state index in [2.05, 4.69) is 35.3 Å². The van der Waals surface area contributed by atoms with Gasteiger partial charge in [-0.1, -0.05) is 50.2 Å². The van der Waals surface area contributed by atoms with E-state index in [1.807, 2.05) is 25.3 Å². The number of allylic oxidation sites excluding steroid dienone is 3. The van der Waals surface area contributed by atoms with Crippen molar-refractivity contribution in [2.24, 2.45) is 4.40 Å². The molecule has 0 saturated carbocycles. The lowest BCUT2D eigenvalue weighted by Crippen LogP contribution is -2.31. The number of nitrogens with zero attached hydrogens (tertiary/aromatic N) is 3. The summed E-state index contributed by atoms with van der Waals surface area (Å²) < 4.78 is 34.9. The van der Waals surface area contributed by atoms with Gasteiger partial charge in [0.05, 0.1) is 9.80 Å². The van der Waals surface area contributed by atoms with Gasteiger partial charge in [-0.05, 0) is 54.1 Å². The zero-order valence-corrected chi connectivity index (χ0v) is 21.9. The number of benzene rings is 2. The molecule has 2 aromatic carbocycles. The molecule has 1 fully saturated rings. The Balaban J connectivity index is 1.68. The molecular formula is C26H29N3O4S2. The Morgan fingerprint density at radius 1 is 1.06 bits per heavy atom. The lowest BCUT2D eigenvalue weighted by Gasteiger charge is -2.23. The molecule has 2 aliphatic rings. The first kappa shape index (κ1) is 25.2. The summed E-state index contributed by atoms with van der Waals surface area (Å²) in [5, 5.41) is 0.155. The van der Waals surface area contributed by atoms with E-state index in [0.29, 0.717) is 24.5 Å². The average molecular weight is 512 g/mol. The number of para-hydroxylation sites is 1. The highest BCUT2D eigenvalue weighted by Crippen LogP contribution is 2.46. The number of fused-ring (bicyclic) bond motifs is 1. The molecule has 0 unspecified atom stereocenters. The number of anilines is 1. The van der Waals surface area contributed by atoms with Crippen LogP contribution in [0.5, 0.6) is 0 Å². The van der Waals surface area contributed by atoms with Crippen LogP contribution in [0.15, 0.2) is 86.6 Å². The molecule has 1 amide bonds. The minimum atomic E-state index is -3.96. The number of likely N-dealkylation sites (N-methyl/N-ethyl adjacent to an activating group) is 1. The fraction of sp³-hybridized carbons (Fsp3) is 0.308. The third kappa shape index (κ3) is 4.94. The van der Waals surface area contributed by atoms with Crippen LogP contribution in [-0.2, 0) is 25.0 Å². The molecule has 0 aromatic heterocycles. The number of hydrogen-bond donors (Lipinski definition) is 0. The Hall–Kier alpha value is -2.88. The van der Waals surface area contributed by atoms with Crippen LogP contribution >= 0.6 is 11.8 Å². The van der Waals surface area contributed by atoms with Crippen LogP contribution in [0.1, 0.15) is 25.8 Å². The fourth-order valence-electron chi connectivity index (χ4n) is 4.36. The van der Waals surface area contributed by atoms with Crippen LogP contribution in [0, 0.1) is 0 Å². The average Bonchev–Trinajstić information content (AvgIpc) is 3.23. The first-order chi connectivity index (χ1) is 16.7. The Morgan fingerprint density at radius 2 is 1.74 bits per heavy atom. The van der Waals surface area contributed by atoms with Crippen molar-refractivity contribution in [2.75, 3.05) is 32.2 Å². The number of carbonyl (C=O) groups excluding carboxylic acids is 1. The molecule has 0 N–H and O–H groups in total. The van der Waals surface area contributed by atoms with Crippen molar-refractivity contribution in [1.82, 2.24) is 4.90 Å². The first-order valence-corrected chi connectivity index (χ1v) is 13.6. The molecule has 9 heteroatoms. The minimum Gasteiger partial charge on any atom is -0.385 e. The SMILES string of the molecule is COCCCN1C(=O)C(=CC=C2N(C)c3ccccc3C2(C)C)SC1=NS(=O)(=O)c1ccccc1. The second kappa shape index (κ2) is 10.0. The number of amidine groups is 1. The van der Waals surface area contributed by atoms with Crippen LogP contribution < -0.4 is 4.90 Å². The lowest BCUT2D eigenvalue weighted by atomic mass is 9.84. The second-order valence-corrected chi connectivity index (χ2v) is 11.5. The van der Waals surface area contributed by atoms with Gasteiger partial charge in [-0.15, -0.1) is 4.40 Å². The lowest BCUT2D eigenvalue weighted by molar-refractivity contribution is -0.122. The highest BCUT2D eigenvalue weighted by atomic mass is 32.2. The van der Waals surface area contributed by atoms with Gasteiger partial charge in [0.25, 0.3) is 15.9 Å². The van der Waals surface area contributed by atoms with E-state index in [1.54, 1.807) is 31.4 Å². The summed E-state index contributed by atoms with van der Waals surface area (Å²) in [7, 11) is -0.357. The number of ether oxygens (including phenoxy) is 1. The number of sulfonamides is 1. The van der Waals surface area contributed by atoms with Gasteiger partial charge in [-0.3, -0.25) is 9.69 Å². The Bertz CT molecular complexity index is 1320. The fourth-order valence-corrected chi connectivity index (χ4v) is 6.53. The topological polar surface area (TPSA) is 79.3 Å². The highest BCUT2D eigenvalue weighted by molar-refractivity contribution is 8.19. The summed E-state index contributed by atoms with van der Waals surface area (Å²) in [5.74, 6) is -0.263. The summed E-state index contributed by atoms with van der Waals surface area (Å²) in [6.07, 6.45) is 4.28. The molecule has 7 nitrogen and oxygen atoms in total. The van der Waals surface area contributed by atoms with E-state index in [4.69, 9.17) is 4.74 Å². The van der Waals surface area contributed by atoms with Gasteiger partial charge in [0.2, 0.25) is 0 Å². The molecule has 2 aromatic rings. The van der Waals surface area contributed by atoms with E-state index in [9.17, 15) is 13.2 Å². The second-order valence-electron chi connectivity index (χ2n) is 8.85. The van der Waals surface area contributed by atoms with Crippen molar-refractivity contribution in [3.63, 3.8) is 0 Å². The summed E-state index contributed by atoms with van der Waals surface area (Å²) in [4.78, 5) is 17.3. The monoisotopic (exact) mass is 511 g/mol. The van der Waals surface area contributed by atoms with Crippen LogP contribution in [0.2, 0.25) is 0 Å². The maximum atomic E-state index is 13.3. The number of carbonyl (C=O) groups is 1. The van der Waals surface area contributed by atoms with Crippen molar-refractivity contribution in [3.05, 3.63) is 82.9 Å². The van der Waals surface area contributed by atoms with E-state index in [0.717, 1.165) is 23.1 Å². The molecule has 184 valence electrons. The van der Waals surface area contributed by atoms with E-state index < -0.39 is 10.0 Å². The third-order valence-corrected chi connectivity index (χ3v) is 8.61. The standard InChI is InChI=1S/C26H29N3O4S2/c1-26(2)20-13-8-9-14-21(20)28(3)23(26)16-15-22-24(30)29(17-10-18-33-4)25(34-22)27-35(31,32)19-11-6-5-7-12-19/h5-9,11-16H,10,17-18H2,1-4H3. The predicted octanol–water partition coefficient (Wildman–Crippen LogP) is 4.54. The summed E-state index contributed by atoms with van der Waals surface area (Å²) in [6, 6.07) is 16.3. The van der Waals surface area contributed by atoms with Crippen molar-refractivity contribution in [2.45, 2.75) is 30.6 Å². The van der Waals surface area contributed by atoms with Gasteiger partial charge in [-0.25, -0.2) is 0 Å². The zero-order valence-electron chi connectivity index (χ0n) is 20.3. The molecule has 0 aliphatic carbocycles. The molecule has 2 aliphatic heterocycles. The highest BCUT2D eigenvalue weighted by Gasteiger charge is 2.39. The molecular weight excluding hydrogens is 482 g/mol. The largest absolute Gasteiger partial charge is 0.385 e. The molecule has 1 saturated heterocycles. The minimum absolute atomic E-state index is 0.0871. The molecule has 35 heavy (non-hydrogen) atoms. The van der Waals surface area contributed by atoms with E-state index in [-0.39, 0.29) is 21.4 Å². The van der Waals surface area contributed by atoms with Crippen molar-refractivity contribution in [3.8, 4) is 0 Å². The van der Waals surface area contributed by atoms with Crippen LogP contribution in [0.3, 0.4) is 0 Å². The van der Waals surface area contributed by atoms with E-state index in [1.165, 1.54) is 22.6 Å². The van der Waals surface area contributed by atoms with Crippen LogP contribution in [0.4, 0.5) is 5.69 Å². The van der Waals surface area contributed by atoms with Gasteiger partial charge in [-0.2, -0.15) is 8.42 Å². The quantitative estimate of drug-likeness (QED) is 0.401. The number of methoxy groups -OCH3 is 1. The number of thioether (sulfide) groups is 1. The number of rotatable bonds is 7. The molecule has 0 bridgehead atoms.